The summed E-state index contributed by atoms with van der Waals surface area (Å²) in [7, 11) is 0. The Balaban J connectivity index is 1.42. The molecule has 0 spiro atoms. The van der Waals surface area contributed by atoms with Gasteiger partial charge in [0.2, 0.25) is 0 Å². The largest absolute Gasteiger partial charge is 0.337 e. The van der Waals surface area contributed by atoms with Crippen LogP contribution < -0.4 is 0 Å². The van der Waals surface area contributed by atoms with Gasteiger partial charge in [0, 0.05) is 49.4 Å². The number of hydrogen-bond donors (Lipinski definition) is 0. The van der Waals surface area contributed by atoms with Gasteiger partial charge in [-0.2, -0.15) is 5.10 Å². The monoisotopic (exact) mass is 318 g/mol. The fourth-order valence-electron chi connectivity index (χ4n) is 3.06. The smallest absolute Gasteiger partial charge is 0.253 e. The second-order valence-corrected chi connectivity index (χ2v) is 6.09. The van der Waals surface area contributed by atoms with E-state index in [0.717, 1.165) is 24.2 Å². The summed E-state index contributed by atoms with van der Waals surface area (Å²) in [5, 5.41) is 4.21. The second-order valence-electron chi connectivity index (χ2n) is 6.09. The van der Waals surface area contributed by atoms with Crippen molar-refractivity contribution in [2.45, 2.75) is 12.5 Å². The number of nitrogens with zero attached hydrogens (tertiary/aromatic N) is 4. The topological polar surface area (TPSA) is 51.0 Å². The maximum Gasteiger partial charge on any atom is 0.253 e. The van der Waals surface area contributed by atoms with Gasteiger partial charge in [-0.25, -0.2) is 0 Å². The number of carbonyl (C=O) groups is 1. The number of rotatable bonds is 4. The van der Waals surface area contributed by atoms with Gasteiger partial charge >= 0.3 is 0 Å². The van der Waals surface area contributed by atoms with E-state index in [-0.39, 0.29) is 5.91 Å². The molecule has 0 bridgehead atoms. The van der Waals surface area contributed by atoms with Crippen LogP contribution in [0.25, 0.3) is 0 Å². The van der Waals surface area contributed by atoms with E-state index in [1.807, 2.05) is 58.2 Å². The maximum absolute atomic E-state index is 12.6. The summed E-state index contributed by atoms with van der Waals surface area (Å²) >= 11 is 0. The first-order chi connectivity index (χ1) is 11.8. The van der Waals surface area contributed by atoms with E-state index >= 15 is 0 Å². The average molecular weight is 318 g/mol. The van der Waals surface area contributed by atoms with Crippen molar-refractivity contribution in [2.24, 2.45) is 0 Å². The molecule has 5 nitrogen and oxygen atoms in total. The zero-order chi connectivity index (χ0) is 16.4. The van der Waals surface area contributed by atoms with E-state index in [0.29, 0.717) is 12.5 Å². The average Bonchev–Trinajstić information content (AvgIpc) is 3.08. The quantitative estimate of drug-likeness (QED) is 0.743. The van der Waals surface area contributed by atoms with Crippen LogP contribution in [-0.2, 0) is 6.54 Å². The van der Waals surface area contributed by atoms with Gasteiger partial charge in [0.15, 0.2) is 0 Å². The summed E-state index contributed by atoms with van der Waals surface area (Å²) in [6.45, 7) is 2.21. The lowest BCUT2D eigenvalue weighted by Crippen LogP contribution is -2.48. The molecule has 0 atom stereocenters. The molecule has 4 rings (SSSR count). The number of likely N-dealkylation sites (tertiary alicyclic amines) is 1. The van der Waals surface area contributed by atoms with E-state index < -0.39 is 0 Å². The summed E-state index contributed by atoms with van der Waals surface area (Å²) < 4.78 is 1.85. The lowest BCUT2D eigenvalue weighted by atomic mass is 9.91. The molecule has 24 heavy (non-hydrogen) atoms. The van der Waals surface area contributed by atoms with Crippen molar-refractivity contribution in [3.63, 3.8) is 0 Å². The van der Waals surface area contributed by atoms with Gasteiger partial charge in [-0.05, 0) is 41.5 Å². The van der Waals surface area contributed by atoms with Crippen LogP contribution in [-0.4, -0.2) is 38.7 Å². The van der Waals surface area contributed by atoms with Crippen molar-refractivity contribution in [2.75, 3.05) is 13.1 Å². The van der Waals surface area contributed by atoms with Crippen molar-refractivity contribution in [3.05, 3.63) is 83.9 Å². The van der Waals surface area contributed by atoms with Gasteiger partial charge in [-0.15, -0.1) is 0 Å². The summed E-state index contributed by atoms with van der Waals surface area (Å²) in [6, 6.07) is 13.8. The van der Waals surface area contributed by atoms with Crippen LogP contribution in [0.4, 0.5) is 0 Å². The van der Waals surface area contributed by atoms with Crippen LogP contribution in [0.15, 0.2) is 67.3 Å². The van der Waals surface area contributed by atoms with Crippen molar-refractivity contribution in [1.29, 1.82) is 0 Å². The number of benzene rings is 1. The molecule has 3 aromatic rings. The molecule has 1 amide bonds. The number of amides is 1. The highest BCUT2D eigenvalue weighted by atomic mass is 16.2. The second kappa shape index (κ2) is 6.28. The lowest BCUT2D eigenvalue weighted by molar-refractivity contribution is 0.0602. The van der Waals surface area contributed by atoms with E-state index in [4.69, 9.17) is 0 Å². The molecule has 1 saturated heterocycles. The van der Waals surface area contributed by atoms with Crippen LogP contribution in [0, 0.1) is 0 Å². The Morgan fingerprint density at radius 3 is 2.67 bits per heavy atom. The minimum absolute atomic E-state index is 0.0996. The highest BCUT2D eigenvalue weighted by Crippen LogP contribution is 2.27. The molecule has 0 aliphatic carbocycles. The summed E-state index contributed by atoms with van der Waals surface area (Å²) in [6.07, 6.45) is 7.29. The Morgan fingerprint density at radius 2 is 1.92 bits per heavy atom. The number of hydrogen-bond acceptors (Lipinski definition) is 3. The summed E-state index contributed by atoms with van der Waals surface area (Å²) in [4.78, 5) is 18.6. The fourth-order valence-corrected chi connectivity index (χ4v) is 3.06. The Hall–Kier alpha value is -2.95. The van der Waals surface area contributed by atoms with Crippen molar-refractivity contribution in [1.82, 2.24) is 19.7 Å². The third-order valence-electron chi connectivity index (χ3n) is 4.42. The van der Waals surface area contributed by atoms with E-state index in [1.165, 1.54) is 5.56 Å². The minimum atomic E-state index is 0.0996. The highest BCUT2D eigenvalue weighted by Gasteiger charge is 2.32. The molecule has 0 radical (unpaired) electrons. The summed E-state index contributed by atoms with van der Waals surface area (Å²) in [5.74, 6) is 0.520. The Labute approximate surface area is 140 Å². The highest BCUT2D eigenvalue weighted by molar-refractivity contribution is 5.95. The molecule has 1 aliphatic rings. The molecule has 3 heterocycles. The standard InChI is InChI=1S/C19H18N4O/c24-19(22-13-18(14-22)16-5-8-20-9-6-16)17-4-1-3-15(11-17)12-23-10-2-7-21-23/h1-11,18H,12-14H2. The molecule has 1 aliphatic heterocycles. The first-order valence-electron chi connectivity index (χ1n) is 8.05. The number of carbonyl (C=O) groups excluding carboxylic acids is 1. The Bertz CT molecular complexity index is 824. The fraction of sp³-hybridized carbons (Fsp3) is 0.211. The first kappa shape index (κ1) is 14.6. The molecule has 0 saturated carbocycles. The molecule has 5 heteroatoms. The van der Waals surface area contributed by atoms with Crippen LogP contribution in [0.3, 0.4) is 0 Å². The third-order valence-corrected chi connectivity index (χ3v) is 4.42. The van der Waals surface area contributed by atoms with Gasteiger partial charge in [0.25, 0.3) is 5.91 Å². The zero-order valence-corrected chi connectivity index (χ0v) is 13.2. The molecular weight excluding hydrogens is 300 g/mol. The molecule has 1 fully saturated rings. The predicted molar refractivity (Wildman–Crippen MR) is 90.7 cm³/mol. The van der Waals surface area contributed by atoms with E-state index in [9.17, 15) is 4.79 Å². The van der Waals surface area contributed by atoms with E-state index in [2.05, 4.69) is 10.1 Å². The molecule has 1 aromatic carbocycles. The third kappa shape index (κ3) is 2.93. The van der Waals surface area contributed by atoms with Crippen LogP contribution in [0.2, 0.25) is 0 Å². The predicted octanol–water partition coefficient (Wildman–Crippen LogP) is 2.57. The van der Waals surface area contributed by atoms with E-state index in [1.54, 1.807) is 18.6 Å². The SMILES string of the molecule is O=C(c1cccc(Cn2cccn2)c1)N1CC(c2ccncc2)C1. The lowest BCUT2D eigenvalue weighted by Gasteiger charge is -2.39. The normalized spacial score (nSPS) is 14.4. The van der Waals surface area contributed by atoms with Gasteiger partial charge in [0.1, 0.15) is 0 Å². The van der Waals surface area contributed by atoms with Gasteiger partial charge in [-0.1, -0.05) is 12.1 Å². The van der Waals surface area contributed by atoms with Crippen LogP contribution in [0.1, 0.15) is 27.4 Å². The summed E-state index contributed by atoms with van der Waals surface area (Å²) in [5.41, 5.74) is 3.07. The van der Waals surface area contributed by atoms with Gasteiger partial charge < -0.3 is 4.90 Å². The Kier molecular flexibility index (Phi) is 3.83. The Morgan fingerprint density at radius 1 is 1.08 bits per heavy atom. The van der Waals surface area contributed by atoms with Crippen molar-refractivity contribution >= 4 is 5.91 Å². The minimum Gasteiger partial charge on any atom is -0.337 e. The van der Waals surface area contributed by atoms with Gasteiger partial charge in [-0.3, -0.25) is 14.5 Å². The maximum atomic E-state index is 12.6. The zero-order valence-electron chi connectivity index (χ0n) is 13.2. The number of aromatic nitrogens is 3. The molecule has 0 N–H and O–H groups in total. The van der Waals surface area contributed by atoms with Crippen molar-refractivity contribution < 1.29 is 4.79 Å². The molecule has 0 unspecified atom stereocenters. The molecule has 2 aromatic heterocycles. The van der Waals surface area contributed by atoms with Crippen LogP contribution in [0.5, 0.6) is 0 Å². The van der Waals surface area contributed by atoms with Crippen molar-refractivity contribution in [3.8, 4) is 0 Å². The number of pyridine rings is 1. The first-order valence-corrected chi connectivity index (χ1v) is 8.05. The van der Waals surface area contributed by atoms with Crippen LogP contribution >= 0.6 is 0 Å². The van der Waals surface area contributed by atoms with Gasteiger partial charge in [0.05, 0.1) is 6.54 Å². The molecular formula is C19H18N4O. The molecule has 120 valence electrons.